The van der Waals surface area contributed by atoms with Crippen molar-refractivity contribution in [3.63, 3.8) is 0 Å². The van der Waals surface area contributed by atoms with Gasteiger partial charge in [0.05, 0.1) is 22.7 Å². The summed E-state index contributed by atoms with van der Waals surface area (Å²) in [6.07, 6.45) is -3.84. The number of nitrogens with one attached hydrogen (secondary N) is 1. The molecular weight excluding hydrogens is 443 g/mol. The predicted molar refractivity (Wildman–Crippen MR) is 110 cm³/mol. The van der Waals surface area contributed by atoms with Gasteiger partial charge in [-0.2, -0.15) is 13.2 Å². The van der Waals surface area contributed by atoms with Gasteiger partial charge in [-0.1, -0.05) is 26.0 Å². The van der Waals surface area contributed by atoms with Crippen LogP contribution in [0, 0.1) is 5.41 Å². The second-order valence-electron chi connectivity index (χ2n) is 8.65. The lowest BCUT2D eigenvalue weighted by atomic mass is 9.72. The van der Waals surface area contributed by atoms with Crippen LogP contribution in [-0.2, 0) is 16.1 Å². The zero-order chi connectivity index (χ0) is 23.3. The smallest absolute Gasteiger partial charge is 0.326 e. The Kier molecular flexibility index (Phi) is 5.23. The van der Waals surface area contributed by atoms with Gasteiger partial charge in [-0.3, -0.25) is 19.4 Å². The normalized spacial score (nSPS) is 22.8. The first-order valence-electron chi connectivity index (χ1n) is 9.88. The SMILES string of the molecule is CC1(C)CC(=O)C2=C(C1)N(Cc1ccccn1)C(=O)C2(NC(=O)c1cccs1)C(F)(F)F. The van der Waals surface area contributed by atoms with Gasteiger partial charge in [-0.25, -0.2) is 0 Å². The lowest BCUT2D eigenvalue weighted by molar-refractivity contribution is -0.190. The summed E-state index contributed by atoms with van der Waals surface area (Å²) in [4.78, 5) is 44.3. The number of carbonyl (C=O) groups excluding carboxylic acids is 3. The van der Waals surface area contributed by atoms with Crippen LogP contribution in [0.15, 0.2) is 53.2 Å². The van der Waals surface area contributed by atoms with Crippen LogP contribution in [0.2, 0.25) is 0 Å². The molecule has 0 aromatic carbocycles. The van der Waals surface area contributed by atoms with E-state index in [1.54, 1.807) is 32.0 Å². The van der Waals surface area contributed by atoms with Gasteiger partial charge >= 0.3 is 6.18 Å². The van der Waals surface area contributed by atoms with Crippen molar-refractivity contribution in [2.75, 3.05) is 0 Å². The number of thiophene rings is 1. The van der Waals surface area contributed by atoms with Crippen molar-refractivity contribution < 1.29 is 27.6 Å². The maximum atomic E-state index is 14.7. The molecule has 0 fully saturated rings. The van der Waals surface area contributed by atoms with Crippen LogP contribution < -0.4 is 5.32 Å². The molecule has 1 aliphatic carbocycles. The Morgan fingerprint density at radius 1 is 1.19 bits per heavy atom. The maximum absolute atomic E-state index is 14.7. The second-order valence-corrected chi connectivity index (χ2v) is 9.60. The first kappa shape index (κ1) is 22.2. The second kappa shape index (κ2) is 7.54. The molecule has 2 amide bonds. The first-order chi connectivity index (χ1) is 15.0. The number of amides is 2. The molecule has 0 radical (unpaired) electrons. The summed E-state index contributed by atoms with van der Waals surface area (Å²) in [5, 5.41) is 3.45. The van der Waals surface area contributed by atoms with Gasteiger partial charge in [0.1, 0.15) is 0 Å². The van der Waals surface area contributed by atoms with Crippen molar-refractivity contribution in [2.24, 2.45) is 5.41 Å². The van der Waals surface area contributed by atoms with E-state index in [1.807, 2.05) is 5.32 Å². The van der Waals surface area contributed by atoms with E-state index in [-0.39, 0.29) is 30.0 Å². The van der Waals surface area contributed by atoms with E-state index in [4.69, 9.17) is 0 Å². The molecule has 0 saturated heterocycles. The number of alkyl halides is 3. The van der Waals surface area contributed by atoms with Crippen LogP contribution in [0.4, 0.5) is 13.2 Å². The summed E-state index contributed by atoms with van der Waals surface area (Å²) in [5.74, 6) is -3.25. The Morgan fingerprint density at radius 2 is 1.94 bits per heavy atom. The zero-order valence-electron chi connectivity index (χ0n) is 17.3. The Morgan fingerprint density at radius 3 is 2.53 bits per heavy atom. The Labute approximate surface area is 186 Å². The van der Waals surface area contributed by atoms with Gasteiger partial charge in [0.15, 0.2) is 5.78 Å². The minimum absolute atomic E-state index is 0.00860. The fourth-order valence-electron chi connectivity index (χ4n) is 4.29. The molecular formula is C22H20F3N3O3S. The largest absolute Gasteiger partial charge is 0.425 e. The van der Waals surface area contributed by atoms with Gasteiger partial charge in [-0.15, -0.1) is 11.3 Å². The highest BCUT2D eigenvalue weighted by molar-refractivity contribution is 7.12. The van der Waals surface area contributed by atoms with E-state index in [9.17, 15) is 27.6 Å². The number of carbonyl (C=O) groups is 3. The molecule has 1 unspecified atom stereocenters. The molecule has 1 aliphatic heterocycles. The van der Waals surface area contributed by atoms with E-state index in [0.717, 1.165) is 16.2 Å². The molecule has 2 aromatic rings. The number of Topliss-reactive ketones (excluding diaryl/α,β-unsaturated/α-hetero) is 1. The highest BCUT2D eigenvalue weighted by Gasteiger charge is 2.71. The van der Waals surface area contributed by atoms with Crippen LogP contribution in [-0.4, -0.2) is 39.2 Å². The molecule has 0 spiro atoms. The van der Waals surface area contributed by atoms with E-state index < -0.39 is 40.3 Å². The molecule has 4 rings (SSSR count). The number of hydrogen-bond acceptors (Lipinski definition) is 5. The van der Waals surface area contributed by atoms with Crippen molar-refractivity contribution in [2.45, 2.75) is 44.9 Å². The molecule has 32 heavy (non-hydrogen) atoms. The van der Waals surface area contributed by atoms with Crippen LogP contribution in [0.1, 0.15) is 42.1 Å². The number of aromatic nitrogens is 1. The fourth-order valence-corrected chi connectivity index (χ4v) is 4.91. The van der Waals surface area contributed by atoms with E-state index in [0.29, 0.717) is 5.69 Å². The monoisotopic (exact) mass is 463 g/mol. The quantitative estimate of drug-likeness (QED) is 0.747. The van der Waals surface area contributed by atoms with Crippen molar-refractivity contribution in [1.82, 2.24) is 15.2 Å². The van der Waals surface area contributed by atoms with Gasteiger partial charge in [0.2, 0.25) is 5.54 Å². The summed E-state index contributed by atoms with van der Waals surface area (Å²) < 4.78 is 44.0. The summed E-state index contributed by atoms with van der Waals surface area (Å²) in [7, 11) is 0. The van der Waals surface area contributed by atoms with E-state index >= 15 is 0 Å². The molecule has 6 nitrogen and oxygen atoms in total. The fraction of sp³-hybridized carbons (Fsp3) is 0.364. The van der Waals surface area contributed by atoms with Crippen molar-refractivity contribution in [1.29, 1.82) is 0 Å². The average molecular weight is 463 g/mol. The zero-order valence-corrected chi connectivity index (χ0v) is 18.1. The average Bonchev–Trinajstić information content (AvgIpc) is 3.30. The van der Waals surface area contributed by atoms with Gasteiger partial charge in [-0.05, 0) is 35.4 Å². The topological polar surface area (TPSA) is 79.4 Å². The number of pyridine rings is 1. The number of ketones is 1. The van der Waals surface area contributed by atoms with Crippen LogP contribution >= 0.6 is 11.3 Å². The molecule has 2 aliphatic rings. The number of rotatable bonds is 4. The molecule has 0 saturated carbocycles. The molecule has 168 valence electrons. The van der Waals surface area contributed by atoms with Crippen LogP contribution in [0.5, 0.6) is 0 Å². The maximum Gasteiger partial charge on any atom is 0.425 e. The molecule has 0 bridgehead atoms. The van der Waals surface area contributed by atoms with Crippen LogP contribution in [0.3, 0.4) is 0 Å². The van der Waals surface area contributed by atoms with Gasteiger partial charge in [0.25, 0.3) is 11.8 Å². The van der Waals surface area contributed by atoms with E-state index in [2.05, 4.69) is 4.98 Å². The molecule has 1 N–H and O–H groups in total. The third-order valence-corrected chi connectivity index (χ3v) is 6.51. The van der Waals surface area contributed by atoms with Gasteiger partial charge in [0, 0.05) is 18.3 Å². The number of halogens is 3. The highest BCUT2D eigenvalue weighted by atomic mass is 32.1. The summed E-state index contributed by atoms with van der Waals surface area (Å²) in [6, 6.07) is 7.76. The van der Waals surface area contributed by atoms with Crippen LogP contribution in [0.25, 0.3) is 0 Å². The molecule has 10 heteroatoms. The number of allylic oxidation sites excluding steroid dienone is 1. The lowest BCUT2D eigenvalue weighted by Gasteiger charge is -2.35. The molecule has 1 atom stereocenters. The minimum Gasteiger partial charge on any atom is -0.326 e. The summed E-state index contributed by atoms with van der Waals surface area (Å²) >= 11 is 0.943. The van der Waals surface area contributed by atoms with Crippen molar-refractivity contribution >= 4 is 28.9 Å². The lowest BCUT2D eigenvalue weighted by Crippen LogP contribution is -2.66. The predicted octanol–water partition coefficient (Wildman–Crippen LogP) is 3.86. The van der Waals surface area contributed by atoms with E-state index in [1.165, 1.54) is 23.7 Å². The molecule has 3 heterocycles. The Hall–Kier alpha value is -3.01. The summed E-state index contributed by atoms with van der Waals surface area (Å²) in [6.45, 7) is 3.28. The highest BCUT2D eigenvalue weighted by Crippen LogP contribution is 2.52. The van der Waals surface area contributed by atoms with Crippen molar-refractivity contribution in [3.05, 3.63) is 63.7 Å². The number of hydrogen-bond donors (Lipinski definition) is 1. The minimum atomic E-state index is -5.23. The third-order valence-electron chi connectivity index (χ3n) is 5.64. The Bertz CT molecular complexity index is 1110. The first-order valence-corrected chi connectivity index (χ1v) is 10.8. The Balaban J connectivity index is 1.88. The number of nitrogens with zero attached hydrogens (tertiary/aromatic N) is 2. The summed E-state index contributed by atoms with van der Waals surface area (Å²) in [5.41, 5.74) is -4.41. The van der Waals surface area contributed by atoms with Gasteiger partial charge < -0.3 is 10.2 Å². The standard InChI is InChI=1S/C22H20F3N3O3S/c1-20(2)10-14-17(15(29)11-20)21(22(23,24)25,27-18(30)16-7-5-9-32-16)19(31)28(14)12-13-6-3-4-8-26-13/h3-9H,10-12H2,1-2H3,(H,27,30). The third kappa shape index (κ3) is 3.52. The molecule has 2 aromatic heterocycles. The van der Waals surface area contributed by atoms with Crippen molar-refractivity contribution in [3.8, 4) is 0 Å².